The number of benzene rings is 2. The van der Waals surface area contributed by atoms with Gasteiger partial charge in [-0.3, -0.25) is 14.4 Å². The third kappa shape index (κ3) is 6.19. The second-order valence-electron chi connectivity index (χ2n) is 9.56. The molecule has 0 aliphatic heterocycles. The van der Waals surface area contributed by atoms with Crippen LogP contribution in [0.1, 0.15) is 30.5 Å². The predicted molar refractivity (Wildman–Crippen MR) is 159 cm³/mol. The summed E-state index contributed by atoms with van der Waals surface area (Å²) < 4.78 is 27.5. The molecule has 0 radical (unpaired) electrons. The smallest absolute Gasteiger partial charge is 0.243 e. The van der Waals surface area contributed by atoms with E-state index in [1.807, 2.05) is 6.07 Å². The molecule has 11 heteroatoms. The molecular weight excluding hydrogens is 542 g/mol. The Bertz CT molecular complexity index is 1560. The zero-order chi connectivity index (χ0) is 30.4. The molecule has 42 heavy (non-hydrogen) atoms. The number of methoxy groups -OCH3 is 5. The highest BCUT2D eigenvalue weighted by atomic mass is 16.5. The molecule has 1 aliphatic carbocycles. The number of anilines is 2. The van der Waals surface area contributed by atoms with Crippen LogP contribution in [0.3, 0.4) is 0 Å². The zero-order valence-electron chi connectivity index (χ0n) is 24.5. The molecule has 3 N–H and O–H groups in total. The van der Waals surface area contributed by atoms with Gasteiger partial charge in [0, 0.05) is 18.6 Å². The number of ether oxygens (including phenoxy) is 5. The van der Waals surface area contributed by atoms with Crippen molar-refractivity contribution in [3.63, 3.8) is 0 Å². The summed E-state index contributed by atoms with van der Waals surface area (Å²) >= 11 is 0. The Morgan fingerprint density at radius 3 is 2.19 bits per heavy atom. The first-order valence-corrected chi connectivity index (χ1v) is 13.3. The van der Waals surface area contributed by atoms with Gasteiger partial charge in [0.25, 0.3) is 0 Å². The highest BCUT2D eigenvalue weighted by molar-refractivity contribution is 5.95. The second kappa shape index (κ2) is 13.2. The molecule has 0 saturated heterocycles. The molecule has 1 aliphatic rings. The van der Waals surface area contributed by atoms with Crippen molar-refractivity contribution < 1.29 is 33.3 Å². The molecule has 3 aromatic rings. The summed E-state index contributed by atoms with van der Waals surface area (Å²) in [6.45, 7) is 1.26. The number of nitrogens with one attached hydrogen (secondary N) is 3. The van der Waals surface area contributed by atoms with Crippen LogP contribution in [0.25, 0.3) is 11.1 Å². The van der Waals surface area contributed by atoms with Crippen molar-refractivity contribution in [1.82, 2.24) is 5.32 Å². The first-order valence-electron chi connectivity index (χ1n) is 13.3. The number of fused-ring (bicyclic) bond motifs is 3. The van der Waals surface area contributed by atoms with Crippen LogP contribution in [-0.4, -0.2) is 53.9 Å². The van der Waals surface area contributed by atoms with E-state index in [0.717, 1.165) is 11.1 Å². The minimum atomic E-state index is -0.439. The molecule has 222 valence electrons. The van der Waals surface area contributed by atoms with Gasteiger partial charge in [0.1, 0.15) is 11.5 Å². The van der Waals surface area contributed by atoms with Crippen molar-refractivity contribution in [1.29, 1.82) is 0 Å². The minimum absolute atomic E-state index is 0.181. The van der Waals surface area contributed by atoms with Crippen LogP contribution in [0.4, 0.5) is 11.4 Å². The van der Waals surface area contributed by atoms with E-state index < -0.39 is 6.04 Å². The Hall–Kier alpha value is -4.93. The summed E-state index contributed by atoms with van der Waals surface area (Å²) in [4.78, 5) is 38.4. The van der Waals surface area contributed by atoms with E-state index in [9.17, 15) is 14.4 Å². The number of carbonyl (C=O) groups is 2. The van der Waals surface area contributed by atoms with Gasteiger partial charge in [-0.2, -0.15) is 0 Å². The third-order valence-corrected chi connectivity index (χ3v) is 7.04. The van der Waals surface area contributed by atoms with Crippen LogP contribution in [0.2, 0.25) is 0 Å². The van der Waals surface area contributed by atoms with Crippen LogP contribution in [0.15, 0.2) is 47.3 Å². The highest BCUT2D eigenvalue weighted by Gasteiger charge is 2.29. The summed E-state index contributed by atoms with van der Waals surface area (Å²) in [7, 11) is 7.65. The van der Waals surface area contributed by atoms with Gasteiger partial charge in [-0.05, 0) is 59.9 Å². The average molecular weight is 578 g/mol. The van der Waals surface area contributed by atoms with Crippen molar-refractivity contribution in [3.8, 4) is 39.9 Å². The fraction of sp³-hybridized carbons (Fsp3) is 0.323. The molecule has 0 bridgehead atoms. The quantitative estimate of drug-likeness (QED) is 0.328. The van der Waals surface area contributed by atoms with Gasteiger partial charge in [0.15, 0.2) is 11.5 Å². The lowest BCUT2D eigenvalue weighted by atomic mass is 9.95. The van der Waals surface area contributed by atoms with Crippen LogP contribution >= 0.6 is 0 Å². The largest absolute Gasteiger partial charge is 0.497 e. The van der Waals surface area contributed by atoms with Crippen molar-refractivity contribution in [3.05, 3.63) is 63.8 Å². The van der Waals surface area contributed by atoms with Crippen LogP contribution in [0, 0.1) is 0 Å². The topological polar surface area (TPSA) is 133 Å². The number of aryl methyl sites for hydroxylation is 1. The Labute approximate surface area is 244 Å². The molecule has 4 rings (SSSR count). The van der Waals surface area contributed by atoms with E-state index in [1.165, 1.54) is 34.3 Å². The summed E-state index contributed by atoms with van der Waals surface area (Å²) in [5, 5.41) is 8.71. The molecule has 1 unspecified atom stereocenters. The van der Waals surface area contributed by atoms with Gasteiger partial charge in [-0.25, -0.2) is 0 Å². The normalized spacial score (nSPS) is 13.4. The minimum Gasteiger partial charge on any atom is -0.497 e. The van der Waals surface area contributed by atoms with Gasteiger partial charge >= 0.3 is 0 Å². The number of carbonyl (C=O) groups excluding carboxylic acids is 2. The highest BCUT2D eigenvalue weighted by Crippen LogP contribution is 2.50. The molecule has 0 aromatic heterocycles. The Morgan fingerprint density at radius 2 is 1.55 bits per heavy atom. The number of hydrogen-bond donors (Lipinski definition) is 3. The fourth-order valence-corrected chi connectivity index (χ4v) is 5.13. The summed E-state index contributed by atoms with van der Waals surface area (Å²) in [5.41, 5.74) is 3.30. The van der Waals surface area contributed by atoms with E-state index in [-0.39, 0.29) is 29.5 Å². The van der Waals surface area contributed by atoms with Gasteiger partial charge in [-0.1, -0.05) is 6.07 Å². The molecular formula is C31H35N3O8. The van der Waals surface area contributed by atoms with E-state index in [1.54, 1.807) is 44.6 Å². The molecule has 0 fully saturated rings. The maximum atomic E-state index is 13.4. The van der Waals surface area contributed by atoms with Crippen molar-refractivity contribution in [2.45, 2.75) is 25.8 Å². The summed E-state index contributed by atoms with van der Waals surface area (Å²) in [6, 6.07) is 11.4. The maximum absolute atomic E-state index is 13.4. The van der Waals surface area contributed by atoms with Crippen molar-refractivity contribution in [2.75, 3.05) is 52.7 Å². The molecule has 1 atom stereocenters. The Kier molecular flexibility index (Phi) is 9.41. The van der Waals surface area contributed by atoms with Gasteiger partial charge in [0.2, 0.25) is 23.0 Å². The molecule has 3 aromatic carbocycles. The second-order valence-corrected chi connectivity index (χ2v) is 9.56. The SMILES string of the molecule is COc1ccc(NC(=O)CNc2ccc3c(cc2=O)C(NC(C)=O)CCc2cc(OC)c(OC)c(OC)c2-3)c(OC)c1. The van der Waals surface area contributed by atoms with E-state index in [0.29, 0.717) is 58.4 Å². The molecule has 2 amide bonds. The van der Waals surface area contributed by atoms with Gasteiger partial charge in [0.05, 0.1) is 59.5 Å². The van der Waals surface area contributed by atoms with Crippen molar-refractivity contribution >= 4 is 23.2 Å². The Morgan fingerprint density at radius 1 is 0.833 bits per heavy atom. The number of amides is 2. The summed E-state index contributed by atoms with van der Waals surface area (Å²) in [5.74, 6) is 1.80. The van der Waals surface area contributed by atoms with E-state index in [2.05, 4.69) is 16.0 Å². The maximum Gasteiger partial charge on any atom is 0.243 e. The summed E-state index contributed by atoms with van der Waals surface area (Å²) in [6.07, 6.45) is 1.13. The van der Waals surface area contributed by atoms with E-state index in [4.69, 9.17) is 23.7 Å². The zero-order valence-corrected chi connectivity index (χ0v) is 24.5. The predicted octanol–water partition coefficient (Wildman–Crippen LogP) is 3.93. The lowest BCUT2D eigenvalue weighted by Gasteiger charge is -2.19. The molecule has 0 spiro atoms. The standard InChI is InChI=1S/C31H35N3O8/c1-17(35)33-22-10-7-18-13-27(40-4)30(41-5)31(42-6)29(18)20-9-12-23(25(36)15-21(20)22)32-16-28(37)34-24-11-8-19(38-2)14-26(24)39-3/h8-9,11-15,22H,7,10,16H2,1-6H3,(H,32,36)(H,33,35)(H,34,37). The average Bonchev–Trinajstić information content (AvgIpc) is 3.23. The van der Waals surface area contributed by atoms with Crippen LogP contribution in [-0.2, 0) is 16.0 Å². The van der Waals surface area contributed by atoms with Gasteiger partial charge < -0.3 is 39.6 Å². The first-order chi connectivity index (χ1) is 20.2. The molecule has 0 saturated carbocycles. The Balaban J connectivity index is 1.73. The monoisotopic (exact) mass is 577 g/mol. The molecule has 0 heterocycles. The van der Waals surface area contributed by atoms with E-state index >= 15 is 0 Å². The third-order valence-electron chi connectivity index (χ3n) is 7.04. The lowest BCUT2D eigenvalue weighted by molar-refractivity contribution is -0.119. The lowest BCUT2D eigenvalue weighted by Crippen LogP contribution is -2.27. The fourth-order valence-electron chi connectivity index (χ4n) is 5.13. The van der Waals surface area contributed by atoms with Crippen LogP contribution in [0.5, 0.6) is 28.7 Å². The first kappa shape index (κ1) is 30.0. The van der Waals surface area contributed by atoms with Crippen LogP contribution < -0.4 is 45.1 Å². The van der Waals surface area contributed by atoms with Gasteiger partial charge in [-0.15, -0.1) is 0 Å². The number of rotatable bonds is 10. The number of hydrogen-bond acceptors (Lipinski definition) is 9. The molecule has 11 nitrogen and oxygen atoms in total. The van der Waals surface area contributed by atoms with Crippen molar-refractivity contribution in [2.24, 2.45) is 0 Å².